The number of amides is 1. The second-order valence-electron chi connectivity index (χ2n) is 3.94. The molecule has 0 unspecified atom stereocenters. The Morgan fingerprint density at radius 2 is 2.10 bits per heavy atom. The van der Waals surface area contributed by atoms with Crippen LogP contribution in [0.3, 0.4) is 0 Å². The van der Waals surface area contributed by atoms with Crippen molar-refractivity contribution in [3.05, 3.63) is 48.3 Å². The first-order valence-electron chi connectivity index (χ1n) is 5.81. The van der Waals surface area contributed by atoms with Gasteiger partial charge in [0.25, 0.3) is 0 Å². The third-order valence-corrected chi connectivity index (χ3v) is 3.56. The Morgan fingerprint density at radius 1 is 1.35 bits per heavy atom. The zero-order valence-electron chi connectivity index (χ0n) is 10.5. The van der Waals surface area contributed by atoms with Crippen LogP contribution in [0.2, 0.25) is 0 Å². The van der Waals surface area contributed by atoms with Crippen LogP contribution in [0.4, 0.5) is 11.4 Å². The van der Waals surface area contributed by atoms with E-state index in [0.717, 1.165) is 4.90 Å². The molecule has 0 aliphatic heterocycles. The minimum Gasteiger partial charge on any atom is -0.397 e. The fourth-order valence-corrected chi connectivity index (χ4v) is 2.23. The van der Waals surface area contributed by atoms with Crippen molar-refractivity contribution in [2.45, 2.75) is 4.90 Å². The summed E-state index contributed by atoms with van der Waals surface area (Å²) in [4.78, 5) is 16.5. The van der Waals surface area contributed by atoms with Crippen LogP contribution in [0.15, 0.2) is 47.6 Å². The number of anilines is 2. The molecule has 1 aromatic carbocycles. The largest absolute Gasteiger partial charge is 0.397 e. The fourth-order valence-electron chi connectivity index (χ4n) is 1.49. The summed E-state index contributed by atoms with van der Waals surface area (Å²) in [6.45, 7) is 0. The number of carbonyl (C=O) groups is 1. The summed E-state index contributed by atoms with van der Waals surface area (Å²) in [6.07, 6.45) is 3.19. The van der Waals surface area contributed by atoms with E-state index in [1.54, 1.807) is 42.7 Å². The first kappa shape index (κ1) is 13.9. The number of thioether (sulfide) groups is 1. The van der Waals surface area contributed by atoms with Gasteiger partial charge in [-0.1, -0.05) is 0 Å². The van der Waals surface area contributed by atoms with Gasteiger partial charge in [0.05, 0.1) is 29.3 Å². The molecule has 0 bridgehead atoms. The summed E-state index contributed by atoms with van der Waals surface area (Å²) < 4.78 is 0. The Morgan fingerprint density at radius 3 is 2.75 bits per heavy atom. The number of benzene rings is 1. The average molecular weight is 284 g/mol. The lowest BCUT2D eigenvalue weighted by Gasteiger charge is -2.06. The molecule has 1 aromatic heterocycles. The molecule has 6 heteroatoms. The number of carbonyl (C=O) groups excluding carboxylic acids is 1. The summed E-state index contributed by atoms with van der Waals surface area (Å²) in [5, 5.41) is 11.4. The summed E-state index contributed by atoms with van der Waals surface area (Å²) in [7, 11) is 0. The van der Waals surface area contributed by atoms with Gasteiger partial charge in [-0.2, -0.15) is 5.26 Å². The molecule has 0 fully saturated rings. The SMILES string of the molecule is N#Cc1ccc(NC(=O)CSc2ccncc2N)cc1. The molecule has 1 heterocycles. The number of hydrogen-bond donors (Lipinski definition) is 2. The molecule has 0 atom stereocenters. The fraction of sp³-hybridized carbons (Fsp3) is 0.0714. The van der Waals surface area contributed by atoms with Crippen LogP contribution in [-0.2, 0) is 4.79 Å². The van der Waals surface area contributed by atoms with E-state index in [1.807, 2.05) is 6.07 Å². The van der Waals surface area contributed by atoms with Gasteiger partial charge < -0.3 is 11.1 Å². The van der Waals surface area contributed by atoms with Gasteiger partial charge in [0, 0.05) is 16.8 Å². The molecular weight excluding hydrogens is 272 g/mol. The van der Waals surface area contributed by atoms with Crippen molar-refractivity contribution in [1.82, 2.24) is 4.98 Å². The number of nitriles is 1. The summed E-state index contributed by atoms with van der Waals surface area (Å²) in [6, 6.07) is 10.5. The molecule has 2 aromatic rings. The van der Waals surface area contributed by atoms with Gasteiger partial charge in [-0.15, -0.1) is 11.8 Å². The van der Waals surface area contributed by atoms with Crippen LogP contribution in [0.1, 0.15) is 5.56 Å². The summed E-state index contributed by atoms with van der Waals surface area (Å²) >= 11 is 1.35. The molecule has 100 valence electrons. The van der Waals surface area contributed by atoms with E-state index < -0.39 is 0 Å². The quantitative estimate of drug-likeness (QED) is 0.840. The molecule has 2 rings (SSSR count). The van der Waals surface area contributed by atoms with Crippen LogP contribution in [0.5, 0.6) is 0 Å². The molecule has 3 N–H and O–H groups in total. The first-order valence-corrected chi connectivity index (χ1v) is 6.80. The molecule has 0 saturated heterocycles. The summed E-state index contributed by atoms with van der Waals surface area (Å²) in [5.74, 6) is 0.129. The zero-order valence-corrected chi connectivity index (χ0v) is 11.4. The molecule has 0 aliphatic carbocycles. The predicted octanol–water partition coefficient (Wildman–Crippen LogP) is 2.27. The number of nitrogens with two attached hydrogens (primary N) is 1. The Labute approximate surface area is 120 Å². The van der Waals surface area contributed by atoms with E-state index in [0.29, 0.717) is 16.9 Å². The van der Waals surface area contributed by atoms with Crippen LogP contribution < -0.4 is 11.1 Å². The highest BCUT2D eigenvalue weighted by Gasteiger charge is 2.05. The number of nitrogen functional groups attached to an aromatic ring is 1. The predicted molar refractivity (Wildman–Crippen MR) is 79.2 cm³/mol. The highest BCUT2D eigenvalue weighted by Crippen LogP contribution is 2.23. The number of pyridine rings is 1. The maximum atomic E-state index is 11.8. The van der Waals surface area contributed by atoms with Crippen LogP contribution in [0.25, 0.3) is 0 Å². The van der Waals surface area contributed by atoms with Gasteiger partial charge in [-0.05, 0) is 30.3 Å². The lowest BCUT2D eigenvalue weighted by atomic mass is 10.2. The molecule has 1 amide bonds. The minimum atomic E-state index is -0.129. The Hall–Kier alpha value is -2.52. The lowest BCUT2D eigenvalue weighted by molar-refractivity contribution is -0.113. The van der Waals surface area contributed by atoms with E-state index in [-0.39, 0.29) is 11.7 Å². The van der Waals surface area contributed by atoms with Gasteiger partial charge >= 0.3 is 0 Å². The van der Waals surface area contributed by atoms with Crippen LogP contribution in [0, 0.1) is 11.3 Å². The van der Waals surface area contributed by atoms with Gasteiger partial charge in [0.1, 0.15) is 0 Å². The maximum absolute atomic E-state index is 11.8. The lowest BCUT2D eigenvalue weighted by Crippen LogP contribution is -2.14. The van der Waals surface area contributed by atoms with E-state index in [4.69, 9.17) is 11.0 Å². The maximum Gasteiger partial charge on any atom is 0.234 e. The van der Waals surface area contributed by atoms with Crippen molar-refractivity contribution >= 4 is 29.0 Å². The van der Waals surface area contributed by atoms with Crippen molar-refractivity contribution in [3.8, 4) is 6.07 Å². The molecule has 0 radical (unpaired) electrons. The standard InChI is InChI=1S/C14H12N4OS/c15-7-10-1-3-11(4-2-10)18-14(19)9-20-13-5-6-17-8-12(13)16/h1-6,8H,9,16H2,(H,18,19). The van der Waals surface area contributed by atoms with Gasteiger partial charge in [0.2, 0.25) is 5.91 Å². The van der Waals surface area contributed by atoms with E-state index in [2.05, 4.69) is 10.3 Å². The Kier molecular flexibility index (Phi) is 4.58. The monoisotopic (exact) mass is 284 g/mol. The van der Waals surface area contributed by atoms with Gasteiger partial charge in [-0.25, -0.2) is 0 Å². The number of nitrogens with one attached hydrogen (secondary N) is 1. The van der Waals surface area contributed by atoms with E-state index >= 15 is 0 Å². The van der Waals surface area contributed by atoms with E-state index in [9.17, 15) is 4.79 Å². The van der Waals surface area contributed by atoms with Crippen LogP contribution >= 0.6 is 11.8 Å². The third kappa shape index (κ3) is 3.73. The minimum absolute atomic E-state index is 0.129. The Balaban J connectivity index is 1.89. The third-order valence-electron chi connectivity index (χ3n) is 2.47. The van der Waals surface area contributed by atoms with Crippen LogP contribution in [-0.4, -0.2) is 16.6 Å². The van der Waals surface area contributed by atoms with Crippen molar-refractivity contribution < 1.29 is 4.79 Å². The molecule has 0 aliphatic rings. The highest BCUT2D eigenvalue weighted by atomic mass is 32.2. The number of hydrogen-bond acceptors (Lipinski definition) is 5. The Bertz CT molecular complexity index is 649. The summed E-state index contributed by atoms with van der Waals surface area (Å²) in [5.41, 5.74) is 7.53. The molecule has 0 saturated carbocycles. The second-order valence-corrected chi connectivity index (χ2v) is 4.96. The number of aromatic nitrogens is 1. The van der Waals surface area contributed by atoms with Gasteiger partial charge in [-0.3, -0.25) is 9.78 Å². The van der Waals surface area contributed by atoms with Crippen molar-refractivity contribution in [3.63, 3.8) is 0 Å². The van der Waals surface area contributed by atoms with Gasteiger partial charge in [0.15, 0.2) is 0 Å². The molecule has 5 nitrogen and oxygen atoms in total. The van der Waals surface area contributed by atoms with Crippen molar-refractivity contribution in [2.75, 3.05) is 16.8 Å². The van der Waals surface area contributed by atoms with E-state index in [1.165, 1.54) is 11.8 Å². The topological polar surface area (TPSA) is 91.8 Å². The second kappa shape index (κ2) is 6.59. The molecule has 0 spiro atoms. The van der Waals surface area contributed by atoms with Crippen molar-refractivity contribution in [2.24, 2.45) is 0 Å². The molecule has 20 heavy (non-hydrogen) atoms. The molecular formula is C14H12N4OS. The smallest absolute Gasteiger partial charge is 0.234 e. The van der Waals surface area contributed by atoms with Crippen molar-refractivity contribution in [1.29, 1.82) is 5.26 Å². The highest BCUT2D eigenvalue weighted by molar-refractivity contribution is 8.00. The first-order chi connectivity index (χ1) is 9.69. The normalized spacial score (nSPS) is 9.75. The number of nitrogens with zero attached hydrogens (tertiary/aromatic N) is 2. The zero-order chi connectivity index (χ0) is 14.4. The number of rotatable bonds is 4. The average Bonchev–Trinajstić information content (AvgIpc) is 2.47.